The van der Waals surface area contributed by atoms with Crippen LogP contribution in [0.2, 0.25) is 0 Å². The van der Waals surface area contributed by atoms with Gasteiger partial charge < -0.3 is 40.1 Å². The van der Waals surface area contributed by atoms with E-state index in [0.717, 1.165) is 16.9 Å². The Labute approximate surface area is 201 Å². The first-order valence-electron chi connectivity index (χ1n) is 11.7. The van der Waals surface area contributed by atoms with Crippen molar-refractivity contribution in [1.82, 2.24) is 0 Å². The number of aliphatic hydroxyl groups excluding tert-OH is 6. The molecule has 0 spiro atoms. The molecule has 0 saturated carbocycles. The molecule has 0 fully saturated rings. The second kappa shape index (κ2) is 13.6. The van der Waals surface area contributed by atoms with Crippen molar-refractivity contribution in [1.29, 1.82) is 0 Å². The molecule has 0 aliphatic carbocycles. The quantitative estimate of drug-likeness (QED) is 0.238. The summed E-state index contributed by atoms with van der Waals surface area (Å²) in [6.45, 7) is 6.00. The predicted octanol–water partition coefficient (Wildman–Crippen LogP) is 1.24. The largest absolute Gasteiger partial charge is 0.494 e. The molecule has 0 amide bonds. The molecule has 6 N–H and O–H groups in total. The van der Waals surface area contributed by atoms with Crippen LogP contribution in [0.5, 0.6) is 11.5 Å². The molecule has 34 heavy (non-hydrogen) atoms. The van der Waals surface area contributed by atoms with Gasteiger partial charge in [0, 0.05) is 5.92 Å². The van der Waals surface area contributed by atoms with Gasteiger partial charge in [-0.1, -0.05) is 31.2 Å². The van der Waals surface area contributed by atoms with E-state index in [4.69, 9.17) is 14.6 Å². The molecule has 0 saturated heterocycles. The summed E-state index contributed by atoms with van der Waals surface area (Å²) in [7, 11) is 0. The van der Waals surface area contributed by atoms with Gasteiger partial charge in [-0.15, -0.1) is 0 Å². The smallest absolute Gasteiger partial charge is 0.119 e. The third-order valence-electron chi connectivity index (χ3n) is 5.98. The monoisotopic (exact) mass is 478 g/mol. The van der Waals surface area contributed by atoms with Crippen molar-refractivity contribution in [3.05, 3.63) is 59.7 Å². The third kappa shape index (κ3) is 7.40. The van der Waals surface area contributed by atoms with E-state index in [1.807, 2.05) is 45.0 Å². The van der Waals surface area contributed by atoms with E-state index >= 15 is 0 Å². The van der Waals surface area contributed by atoms with Crippen LogP contribution in [0.15, 0.2) is 48.5 Å². The average molecular weight is 479 g/mol. The molecule has 0 aromatic heterocycles. The van der Waals surface area contributed by atoms with Crippen molar-refractivity contribution >= 4 is 0 Å². The summed E-state index contributed by atoms with van der Waals surface area (Å²) in [6, 6.07) is 14.8. The van der Waals surface area contributed by atoms with Gasteiger partial charge in [0.15, 0.2) is 0 Å². The first-order chi connectivity index (χ1) is 16.2. The Kier molecular flexibility index (Phi) is 11.2. The molecule has 0 aliphatic rings. The molecule has 2 aromatic rings. The van der Waals surface area contributed by atoms with Crippen LogP contribution >= 0.6 is 0 Å². The predicted molar refractivity (Wildman–Crippen MR) is 128 cm³/mol. The van der Waals surface area contributed by atoms with Crippen LogP contribution in [0.25, 0.3) is 0 Å². The van der Waals surface area contributed by atoms with Gasteiger partial charge in [0.25, 0.3) is 0 Å². The Balaban J connectivity index is 2.30. The molecular formula is C26H38O8. The molecule has 190 valence electrons. The highest BCUT2D eigenvalue weighted by molar-refractivity contribution is 5.32. The maximum absolute atomic E-state index is 11.1. The zero-order valence-electron chi connectivity index (χ0n) is 20.0. The van der Waals surface area contributed by atoms with Crippen LogP contribution < -0.4 is 9.47 Å². The van der Waals surface area contributed by atoms with Gasteiger partial charge in [-0.3, -0.25) is 0 Å². The van der Waals surface area contributed by atoms with E-state index < -0.39 is 43.0 Å². The van der Waals surface area contributed by atoms with Crippen molar-refractivity contribution in [3.63, 3.8) is 0 Å². The highest BCUT2D eigenvalue weighted by atomic mass is 16.5. The second-order valence-corrected chi connectivity index (χ2v) is 8.50. The molecule has 0 bridgehead atoms. The Morgan fingerprint density at radius 2 is 1.15 bits per heavy atom. The van der Waals surface area contributed by atoms with Crippen molar-refractivity contribution in [2.45, 2.75) is 63.6 Å². The van der Waals surface area contributed by atoms with Gasteiger partial charge in [-0.05, 0) is 61.6 Å². The van der Waals surface area contributed by atoms with Crippen molar-refractivity contribution in [2.75, 3.05) is 19.8 Å². The Bertz CT molecular complexity index is 826. The molecule has 3 unspecified atom stereocenters. The molecular weight excluding hydrogens is 440 g/mol. The van der Waals surface area contributed by atoms with Crippen LogP contribution in [0.4, 0.5) is 0 Å². The lowest BCUT2D eigenvalue weighted by molar-refractivity contribution is -0.145. The van der Waals surface area contributed by atoms with Gasteiger partial charge in [0.2, 0.25) is 0 Å². The summed E-state index contributed by atoms with van der Waals surface area (Å²) in [6.07, 6.45) is -8.01. The lowest BCUT2D eigenvalue weighted by Crippen LogP contribution is -2.52. The summed E-state index contributed by atoms with van der Waals surface area (Å²) < 4.78 is 11.0. The van der Waals surface area contributed by atoms with Gasteiger partial charge in [0.1, 0.15) is 35.9 Å². The van der Waals surface area contributed by atoms with E-state index in [9.17, 15) is 25.5 Å². The van der Waals surface area contributed by atoms with Crippen LogP contribution in [0.1, 0.15) is 37.8 Å². The topological polar surface area (TPSA) is 140 Å². The van der Waals surface area contributed by atoms with E-state index in [1.54, 1.807) is 24.3 Å². The highest BCUT2D eigenvalue weighted by Gasteiger charge is 2.39. The fraction of sp³-hybridized carbons (Fsp3) is 0.538. The molecule has 0 aliphatic heterocycles. The second-order valence-electron chi connectivity index (χ2n) is 8.50. The van der Waals surface area contributed by atoms with E-state index in [1.165, 1.54) is 0 Å². The minimum atomic E-state index is -1.86. The minimum Gasteiger partial charge on any atom is -0.494 e. The van der Waals surface area contributed by atoms with Crippen molar-refractivity contribution in [3.8, 4) is 11.5 Å². The molecule has 0 radical (unpaired) electrons. The summed E-state index contributed by atoms with van der Waals surface area (Å²) in [5.74, 6) is 0.621. The van der Waals surface area contributed by atoms with E-state index in [2.05, 4.69) is 0 Å². The standard InChI is InChI=1S/C26H38O8/c1-4-33-19-10-6-17(7-11-19)14-16(3)22(18-8-12-20(13-9-18)34-5-2)24(30)26(32)25(31)23(29)21(28)15-27/h6-13,16,21-32H,4-5,14-15H2,1-3H3/t16?,21-,22?,23+,24?,25-,26+/m0/s1. The van der Waals surface area contributed by atoms with Gasteiger partial charge in [-0.2, -0.15) is 0 Å². The summed E-state index contributed by atoms with van der Waals surface area (Å²) in [5, 5.41) is 60.9. The molecule has 0 heterocycles. The maximum Gasteiger partial charge on any atom is 0.119 e. The lowest BCUT2D eigenvalue weighted by atomic mass is 9.77. The van der Waals surface area contributed by atoms with Gasteiger partial charge in [-0.25, -0.2) is 0 Å². The van der Waals surface area contributed by atoms with Crippen LogP contribution in [0.3, 0.4) is 0 Å². The van der Waals surface area contributed by atoms with E-state index in [-0.39, 0.29) is 5.92 Å². The Hall–Kier alpha value is -2.20. The van der Waals surface area contributed by atoms with E-state index in [0.29, 0.717) is 25.4 Å². The zero-order chi connectivity index (χ0) is 25.3. The highest BCUT2D eigenvalue weighted by Crippen LogP contribution is 2.34. The Morgan fingerprint density at radius 1 is 0.676 bits per heavy atom. The summed E-state index contributed by atoms with van der Waals surface area (Å²) >= 11 is 0. The Morgan fingerprint density at radius 3 is 1.62 bits per heavy atom. The maximum atomic E-state index is 11.1. The zero-order valence-corrected chi connectivity index (χ0v) is 20.0. The van der Waals surface area contributed by atoms with Crippen molar-refractivity contribution in [2.24, 2.45) is 5.92 Å². The normalized spacial score (nSPS) is 17.8. The number of hydrogen-bond acceptors (Lipinski definition) is 8. The molecule has 8 nitrogen and oxygen atoms in total. The first kappa shape index (κ1) is 28.0. The van der Waals surface area contributed by atoms with Crippen LogP contribution in [-0.2, 0) is 6.42 Å². The third-order valence-corrected chi connectivity index (χ3v) is 5.98. The van der Waals surface area contributed by atoms with Crippen LogP contribution in [0, 0.1) is 5.92 Å². The minimum absolute atomic E-state index is 0.187. The van der Waals surface area contributed by atoms with Crippen LogP contribution in [-0.4, -0.2) is 81.0 Å². The fourth-order valence-electron chi connectivity index (χ4n) is 4.15. The van der Waals surface area contributed by atoms with Crippen molar-refractivity contribution < 1.29 is 40.1 Å². The molecule has 7 atom stereocenters. The lowest BCUT2D eigenvalue weighted by Gasteiger charge is -2.35. The fourth-order valence-corrected chi connectivity index (χ4v) is 4.15. The number of ether oxygens (including phenoxy) is 2. The number of rotatable bonds is 14. The molecule has 2 rings (SSSR count). The summed E-state index contributed by atoms with van der Waals surface area (Å²) in [5.41, 5.74) is 1.72. The average Bonchev–Trinajstić information content (AvgIpc) is 2.84. The SMILES string of the molecule is CCOc1ccc(CC(C)C(c2ccc(OCC)cc2)C(O)[C@@H](O)[C@@H](O)[C@H](O)[C@@H](O)CO)cc1. The van der Waals surface area contributed by atoms with Gasteiger partial charge >= 0.3 is 0 Å². The first-order valence-corrected chi connectivity index (χ1v) is 11.7. The molecule has 2 aromatic carbocycles. The summed E-state index contributed by atoms with van der Waals surface area (Å²) in [4.78, 5) is 0. The number of benzene rings is 2. The number of aliphatic hydroxyl groups is 6. The number of hydrogen-bond donors (Lipinski definition) is 6. The van der Waals surface area contributed by atoms with Gasteiger partial charge in [0.05, 0.1) is 25.9 Å². The molecule has 8 heteroatoms.